The fourth-order valence-corrected chi connectivity index (χ4v) is 6.14. The fraction of sp³-hybridized carbons (Fsp3) is 0.600. The minimum Gasteiger partial charge on any atom is -0.493 e. The lowest BCUT2D eigenvalue weighted by Gasteiger charge is -2.39. The van der Waals surface area contributed by atoms with Gasteiger partial charge in [-0.05, 0) is 6.07 Å². The van der Waals surface area contributed by atoms with Crippen LogP contribution in [0.15, 0.2) is 12.1 Å². The highest BCUT2D eigenvalue weighted by Crippen LogP contribution is 2.43. The largest absolute Gasteiger partial charge is 0.493 e. The van der Waals surface area contributed by atoms with Crippen LogP contribution in [0.5, 0.6) is 17.2 Å². The van der Waals surface area contributed by atoms with Gasteiger partial charge in [0.25, 0.3) is 0 Å². The van der Waals surface area contributed by atoms with Gasteiger partial charge in [0.1, 0.15) is 0 Å². The number of hydrogen-bond acceptors (Lipinski definition) is 5. The van der Waals surface area contributed by atoms with Crippen molar-refractivity contribution in [2.75, 3.05) is 35.5 Å². The first-order chi connectivity index (χ1) is 9.82. The summed E-state index contributed by atoms with van der Waals surface area (Å²) in [6.45, 7) is 6.30. The van der Waals surface area contributed by atoms with Crippen LogP contribution in [0.25, 0.3) is 0 Å². The third kappa shape index (κ3) is 2.88. The molecular formula is C15H26O5Si. The van der Waals surface area contributed by atoms with Crippen molar-refractivity contribution in [3.63, 3.8) is 0 Å². The Balaban J connectivity index is 3.68. The van der Waals surface area contributed by atoms with Gasteiger partial charge in [-0.15, -0.1) is 0 Å². The highest BCUT2D eigenvalue weighted by Gasteiger charge is 2.52. The average molecular weight is 314 g/mol. The lowest BCUT2D eigenvalue weighted by molar-refractivity contribution is 0.228. The molecule has 5 nitrogen and oxygen atoms in total. The van der Waals surface area contributed by atoms with Crippen LogP contribution in [-0.2, 0) is 8.85 Å². The molecule has 0 heterocycles. The quantitative estimate of drug-likeness (QED) is 0.755. The molecule has 1 aromatic rings. The first-order valence-electron chi connectivity index (χ1n) is 6.72. The van der Waals surface area contributed by atoms with Crippen LogP contribution in [0.1, 0.15) is 20.8 Å². The summed E-state index contributed by atoms with van der Waals surface area (Å²) in [6, 6.07) is 3.78. The molecule has 21 heavy (non-hydrogen) atoms. The SMILES string of the molecule is COc1ccc([Si](OC)(OC)C(C)(C)C)c(OC)c1OC. The molecule has 1 aromatic carbocycles. The molecule has 0 aliphatic heterocycles. The molecule has 0 saturated carbocycles. The summed E-state index contributed by atoms with van der Waals surface area (Å²) in [5, 5.41) is 0.698. The maximum atomic E-state index is 5.89. The van der Waals surface area contributed by atoms with Gasteiger partial charge < -0.3 is 23.1 Å². The number of benzene rings is 1. The second-order valence-corrected chi connectivity index (χ2v) is 9.75. The number of rotatable bonds is 6. The summed E-state index contributed by atoms with van der Waals surface area (Å²) in [5.41, 5.74) is 0. The van der Waals surface area contributed by atoms with Gasteiger partial charge in [0, 0.05) is 24.4 Å². The van der Waals surface area contributed by atoms with E-state index in [2.05, 4.69) is 20.8 Å². The Bertz CT molecular complexity index is 478. The maximum Gasteiger partial charge on any atom is 0.381 e. The smallest absolute Gasteiger partial charge is 0.381 e. The molecule has 0 aromatic heterocycles. The predicted octanol–water partition coefficient (Wildman–Crippen LogP) is 2.45. The molecule has 0 aliphatic rings. The summed E-state index contributed by atoms with van der Waals surface area (Å²) < 4.78 is 28.2. The third-order valence-electron chi connectivity index (χ3n) is 3.62. The molecule has 0 amide bonds. The van der Waals surface area contributed by atoms with Crippen molar-refractivity contribution in [3.8, 4) is 17.2 Å². The monoisotopic (exact) mass is 314 g/mol. The van der Waals surface area contributed by atoms with Gasteiger partial charge in [-0.1, -0.05) is 26.8 Å². The fourth-order valence-electron chi connectivity index (χ4n) is 2.68. The summed E-state index contributed by atoms with van der Waals surface area (Å²) in [4.78, 5) is 0. The van der Waals surface area contributed by atoms with Gasteiger partial charge in [-0.25, -0.2) is 0 Å². The normalized spacial score (nSPS) is 12.2. The van der Waals surface area contributed by atoms with Gasteiger partial charge in [0.05, 0.1) is 21.3 Å². The summed E-state index contributed by atoms with van der Waals surface area (Å²) in [7, 11) is 5.41. The number of ether oxygens (including phenoxy) is 3. The lowest BCUT2D eigenvalue weighted by atomic mass is 10.2. The van der Waals surface area contributed by atoms with Crippen LogP contribution < -0.4 is 19.4 Å². The Labute approximate surface area is 128 Å². The van der Waals surface area contributed by atoms with Crippen molar-refractivity contribution in [1.82, 2.24) is 0 Å². The van der Waals surface area contributed by atoms with E-state index in [9.17, 15) is 0 Å². The molecule has 0 radical (unpaired) electrons. The van der Waals surface area contributed by atoms with E-state index in [0.717, 1.165) is 5.19 Å². The lowest BCUT2D eigenvalue weighted by Crippen LogP contribution is -2.59. The average Bonchev–Trinajstić information content (AvgIpc) is 2.46. The van der Waals surface area contributed by atoms with E-state index < -0.39 is 8.56 Å². The number of hydrogen-bond donors (Lipinski definition) is 0. The first kappa shape index (κ1) is 17.8. The Morgan fingerprint density at radius 1 is 0.762 bits per heavy atom. The van der Waals surface area contributed by atoms with Crippen molar-refractivity contribution in [2.24, 2.45) is 0 Å². The predicted molar refractivity (Wildman–Crippen MR) is 85.2 cm³/mol. The van der Waals surface area contributed by atoms with Crippen LogP contribution in [0, 0.1) is 0 Å². The van der Waals surface area contributed by atoms with E-state index in [4.69, 9.17) is 23.1 Å². The van der Waals surface area contributed by atoms with Crippen molar-refractivity contribution < 1.29 is 23.1 Å². The molecule has 0 atom stereocenters. The Morgan fingerprint density at radius 2 is 1.29 bits per heavy atom. The molecule has 0 bridgehead atoms. The minimum absolute atomic E-state index is 0.191. The van der Waals surface area contributed by atoms with Crippen LogP contribution in [0.2, 0.25) is 5.04 Å². The zero-order valence-electron chi connectivity index (χ0n) is 14.2. The summed E-state index contributed by atoms with van der Waals surface area (Å²) in [6.07, 6.45) is 0. The van der Waals surface area contributed by atoms with Crippen LogP contribution in [0.3, 0.4) is 0 Å². The van der Waals surface area contributed by atoms with E-state index in [1.807, 2.05) is 12.1 Å². The zero-order valence-corrected chi connectivity index (χ0v) is 15.2. The Hall–Kier alpha value is -1.24. The van der Waals surface area contributed by atoms with Crippen molar-refractivity contribution in [2.45, 2.75) is 25.8 Å². The van der Waals surface area contributed by atoms with Crippen LogP contribution in [-0.4, -0.2) is 44.1 Å². The molecule has 0 N–H and O–H groups in total. The summed E-state index contributed by atoms with van der Waals surface area (Å²) in [5.74, 6) is 1.76. The van der Waals surface area contributed by atoms with E-state index in [1.165, 1.54) is 0 Å². The Kier molecular flexibility index (Phi) is 5.66. The highest BCUT2D eigenvalue weighted by molar-refractivity contribution is 6.84. The molecule has 0 fully saturated rings. The zero-order chi connectivity index (χ0) is 16.3. The molecule has 0 saturated heterocycles. The second-order valence-electron chi connectivity index (χ2n) is 5.66. The first-order valence-corrected chi connectivity index (χ1v) is 8.54. The van der Waals surface area contributed by atoms with Crippen LogP contribution in [0.4, 0.5) is 0 Å². The van der Waals surface area contributed by atoms with Crippen LogP contribution >= 0.6 is 0 Å². The van der Waals surface area contributed by atoms with E-state index in [1.54, 1.807) is 35.5 Å². The highest BCUT2D eigenvalue weighted by atomic mass is 28.4. The van der Waals surface area contributed by atoms with E-state index >= 15 is 0 Å². The maximum absolute atomic E-state index is 5.89. The standard InChI is InChI=1S/C15H26O5Si/c1-15(2,3)21(19-7,20-8)12-10-9-11(16-4)13(17-5)14(12)18-6/h9-10H,1-8H3. The molecule has 6 heteroatoms. The summed E-state index contributed by atoms with van der Waals surface area (Å²) >= 11 is 0. The molecule has 0 spiro atoms. The van der Waals surface area contributed by atoms with Gasteiger partial charge in [-0.3, -0.25) is 0 Å². The molecule has 0 aliphatic carbocycles. The van der Waals surface area contributed by atoms with E-state index in [-0.39, 0.29) is 5.04 Å². The molecular weight excluding hydrogens is 288 g/mol. The van der Waals surface area contributed by atoms with Crippen molar-refractivity contribution in [3.05, 3.63) is 12.1 Å². The molecule has 0 unspecified atom stereocenters. The van der Waals surface area contributed by atoms with Gasteiger partial charge in [0.2, 0.25) is 5.75 Å². The minimum atomic E-state index is -2.73. The van der Waals surface area contributed by atoms with Gasteiger partial charge in [0.15, 0.2) is 11.5 Å². The van der Waals surface area contributed by atoms with Gasteiger partial charge in [-0.2, -0.15) is 0 Å². The van der Waals surface area contributed by atoms with Gasteiger partial charge >= 0.3 is 8.56 Å². The van der Waals surface area contributed by atoms with Crippen molar-refractivity contribution in [1.29, 1.82) is 0 Å². The topological polar surface area (TPSA) is 46.2 Å². The molecule has 1 rings (SSSR count). The second kappa shape index (κ2) is 6.68. The number of methoxy groups -OCH3 is 3. The Morgan fingerprint density at radius 3 is 1.62 bits per heavy atom. The van der Waals surface area contributed by atoms with E-state index in [0.29, 0.717) is 17.2 Å². The van der Waals surface area contributed by atoms with Crippen molar-refractivity contribution >= 4 is 13.7 Å². The molecule has 120 valence electrons. The third-order valence-corrected chi connectivity index (χ3v) is 7.85.